The third kappa shape index (κ3) is 2.81. The second kappa shape index (κ2) is 5.61. The normalized spacial score (nSPS) is 19.6. The van der Waals surface area contributed by atoms with E-state index < -0.39 is 0 Å². The molecule has 1 saturated heterocycles. The maximum atomic E-state index is 12.4. The Morgan fingerprint density at radius 3 is 2.70 bits per heavy atom. The van der Waals surface area contributed by atoms with Gasteiger partial charge in [0, 0.05) is 43.8 Å². The fourth-order valence-corrected chi connectivity index (χ4v) is 2.41. The Morgan fingerprint density at radius 2 is 2.05 bits per heavy atom. The van der Waals surface area contributed by atoms with Crippen LogP contribution >= 0.6 is 0 Å². The number of Topliss-reactive ketones (excluding diaryl/α,β-unsaturated/α-hetero) is 1. The first kappa shape index (κ1) is 13.1. The van der Waals surface area contributed by atoms with Gasteiger partial charge >= 0.3 is 0 Å². The molecule has 20 heavy (non-hydrogen) atoms. The summed E-state index contributed by atoms with van der Waals surface area (Å²) in [6.45, 7) is 1.03. The van der Waals surface area contributed by atoms with Gasteiger partial charge in [0.15, 0.2) is 0 Å². The molecule has 1 aliphatic carbocycles. The molecule has 0 N–H and O–H groups in total. The number of rotatable bonds is 3. The van der Waals surface area contributed by atoms with Crippen LogP contribution in [0, 0.1) is 0 Å². The Bertz CT molecular complexity index is 516. The molecule has 2 aliphatic rings. The van der Waals surface area contributed by atoms with E-state index in [0.717, 1.165) is 12.8 Å². The van der Waals surface area contributed by atoms with Crippen LogP contribution in [0.2, 0.25) is 0 Å². The van der Waals surface area contributed by atoms with Crippen LogP contribution in [0.15, 0.2) is 18.3 Å². The fourth-order valence-electron chi connectivity index (χ4n) is 2.41. The number of pyridine rings is 1. The number of carbonyl (C=O) groups excluding carboxylic acids is 2. The monoisotopic (exact) mass is 274 g/mol. The topological polar surface area (TPSA) is 59.5 Å². The van der Waals surface area contributed by atoms with Crippen LogP contribution in [0.4, 0.5) is 0 Å². The van der Waals surface area contributed by atoms with Gasteiger partial charge in [0.05, 0.1) is 0 Å². The minimum atomic E-state index is -0.0432. The van der Waals surface area contributed by atoms with E-state index in [0.29, 0.717) is 37.4 Å². The van der Waals surface area contributed by atoms with Gasteiger partial charge in [-0.05, 0) is 25.3 Å². The number of amides is 1. The van der Waals surface area contributed by atoms with Gasteiger partial charge in [-0.3, -0.25) is 9.59 Å². The highest BCUT2D eigenvalue weighted by atomic mass is 16.5. The maximum absolute atomic E-state index is 12.4. The van der Waals surface area contributed by atoms with E-state index >= 15 is 0 Å². The van der Waals surface area contributed by atoms with Crippen LogP contribution < -0.4 is 4.74 Å². The van der Waals surface area contributed by atoms with E-state index in [-0.39, 0.29) is 17.8 Å². The van der Waals surface area contributed by atoms with Gasteiger partial charge in [0.2, 0.25) is 5.88 Å². The molecule has 2 heterocycles. The predicted octanol–water partition coefficient (Wildman–Crippen LogP) is 1.82. The predicted molar refractivity (Wildman–Crippen MR) is 72.6 cm³/mol. The van der Waals surface area contributed by atoms with E-state index in [1.807, 2.05) is 0 Å². The molecule has 1 aromatic rings. The summed E-state index contributed by atoms with van der Waals surface area (Å²) in [6.07, 6.45) is 6.11. The van der Waals surface area contributed by atoms with Crippen LogP contribution in [0.5, 0.6) is 5.88 Å². The summed E-state index contributed by atoms with van der Waals surface area (Å²) in [5, 5.41) is 0. The third-order valence-corrected chi connectivity index (χ3v) is 3.93. The van der Waals surface area contributed by atoms with E-state index in [9.17, 15) is 9.59 Å². The van der Waals surface area contributed by atoms with Gasteiger partial charge in [-0.15, -0.1) is 0 Å². The van der Waals surface area contributed by atoms with E-state index in [1.54, 1.807) is 23.2 Å². The van der Waals surface area contributed by atoms with Gasteiger partial charge < -0.3 is 9.64 Å². The molecule has 0 bridgehead atoms. The average molecular weight is 274 g/mol. The number of ketones is 1. The highest BCUT2D eigenvalue weighted by molar-refractivity contribution is 5.95. The summed E-state index contributed by atoms with van der Waals surface area (Å²) in [5.41, 5.74) is 0.587. The Kier molecular flexibility index (Phi) is 3.67. The molecule has 1 amide bonds. The van der Waals surface area contributed by atoms with Crippen molar-refractivity contribution in [1.82, 2.24) is 9.88 Å². The van der Waals surface area contributed by atoms with Crippen molar-refractivity contribution in [3.05, 3.63) is 23.9 Å². The van der Waals surface area contributed by atoms with Crippen molar-refractivity contribution < 1.29 is 14.3 Å². The first-order chi connectivity index (χ1) is 9.72. The summed E-state index contributed by atoms with van der Waals surface area (Å²) < 4.78 is 5.71. The number of piperidine rings is 1. The van der Waals surface area contributed by atoms with E-state index in [2.05, 4.69) is 4.98 Å². The van der Waals surface area contributed by atoms with Crippen molar-refractivity contribution in [2.24, 2.45) is 0 Å². The van der Waals surface area contributed by atoms with Gasteiger partial charge in [0.1, 0.15) is 11.9 Å². The lowest BCUT2D eigenvalue weighted by Crippen LogP contribution is -2.38. The molecule has 0 spiro atoms. The second-order valence-corrected chi connectivity index (χ2v) is 5.38. The molecule has 2 fully saturated rings. The minimum absolute atomic E-state index is 0.0432. The van der Waals surface area contributed by atoms with Crippen LogP contribution in [0.1, 0.15) is 42.5 Å². The Morgan fingerprint density at radius 1 is 1.30 bits per heavy atom. The van der Waals surface area contributed by atoms with Gasteiger partial charge in [-0.25, -0.2) is 4.98 Å². The molecular weight excluding hydrogens is 256 g/mol. The quantitative estimate of drug-likeness (QED) is 0.843. The summed E-state index contributed by atoms with van der Waals surface area (Å²) in [7, 11) is 0. The minimum Gasteiger partial charge on any atom is -0.474 e. The largest absolute Gasteiger partial charge is 0.474 e. The van der Waals surface area contributed by atoms with Crippen LogP contribution in [0.3, 0.4) is 0 Å². The van der Waals surface area contributed by atoms with Crippen LogP contribution in [-0.2, 0) is 4.79 Å². The number of ether oxygens (including phenoxy) is 1. The van der Waals surface area contributed by atoms with Gasteiger partial charge in [-0.2, -0.15) is 0 Å². The van der Waals surface area contributed by atoms with E-state index in [4.69, 9.17) is 4.74 Å². The number of hydrogen-bond donors (Lipinski definition) is 0. The lowest BCUT2D eigenvalue weighted by atomic mass is 9.96. The fraction of sp³-hybridized carbons (Fsp3) is 0.533. The highest BCUT2D eigenvalue weighted by Gasteiger charge is 2.23. The lowest BCUT2D eigenvalue weighted by Gasteiger charge is -2.27. The van der Waals surface area contributed by atoms with Crippen molar-refractivity contribution >= 4 is 11.7 Å². The van der Waals surface area contributed by atoms with Gasteiger partial charge in [0.25, 0.3) is 5.91 Å². The third-order valence-electron chi connectivity index (χ3n) is 3.93. The number of nitrogens with zero attached hydrogens (tertiary/aromatic N) is 2. The molecule has 0 aromatic carbocycles. The molecule has 1 aromatic heterocycles. The summed E-state index contributed by atoms with van der Waals surface area (Å²) in [5.74, 6) is 0.713. The smallest absolute Gasteiger partial charge is 0.254 e. The number of aromatic nitrogens is 1. The molecule has 5 nitrogen and oxygen atoms in total. The van der Waals surface area contributed by atoms with Crippen LogP contribution in [0.25, 0.3) is 0 Å². The maximum Gasteiger partial charge on any atom is 0.254 e. The summed E-state index contributed by atoms with van der Waals surface area (Å²) in [6, 6.07) is 3.41. The molecule has 0 atom stereocenters. The second-order valence-electron chi connectivity index (χ2n) is 5.38. The van der Waals surface area contributed by atoms with Crippen molar-refractivity contribution in [2.45, 2.75) is 38.2 Å². The standard InChI is InChI=1S/C15H18N2O3/c18-12-5-8-17(9-6-12)15(19)11-4-7-16-14(10-11)20-13-2-1-3-13/h4,7,10,13H,1-3,5-6,8-9H2. The zero-order valence-electron chi connectivity index (χ0n) is 11.4. The average Bonchev–Trinajstić information content (AvgIpc) is 2.43. The molecule has 3 rings (SSSR count). The van der Waals surface area contributed by atoms with Crippen molar-refractivity contribution in [1.29, 1.82) is 0 Å². The first-order valence-corrected chi connectivity index (χ1v) is 7.16. The highest BCUT2D eigenvalue weighted by Crippen LogP contribution is 2.24. The Hall–Kier alpha value is -1.91. The van der Waals surface area contributed by atoms with E-state index in [1.165, 1.54) is 6.42 Å². The summed E-state index contributed by atoms with van der Waals surface area (Å²) >= 11 is 0. The Balaban J connectivity index is 1.67. The lowest BCUT2D eigenvalue weighted by molar-refractivity contribution is -0.120. The molecule has 106 valence electrons. The molecule has 5 heteroatoms. The zero-order valence-corrected chi connectivity index (χ0v) is 11.4. The SMILES string of the molecule is O=C1CCN(C(=O)c2ccnc(OC3CCC3)c2)CC1. The van der Waals surface area contributed by atoms with Gasteiger partial charge in [-0.1, -0.05) is 0 Å². The molecule has 1 aliphatic heterocycles. The molecule has 0 radical (unpaired) electrons. The molecule has 1 saturated carbocycles. The first-order valence-electron chi connectivity index (χ1n) is 7.16. The van der Waals surface area contributed by atoms with Crippen molar-refractivity contribution in [3.63, 3.8) is 0 Å². The number of likely N-dealkylation sites (tertiary alicyclic amines) is 1. The van der Waals surface area contributed by atoms with Crippen molar-refractivity contribution in [2.75, 3.05) is 13.1 Å². The van der Waals surface area contributed by atoms with Crippen LogP contribution in [-0.4, -0.2) is 40.8 Å². The number of hydrogen-bond acceptors (Lipinski definition) is 4. The summed E-state index contributed by atoms with van der Waals surface area (Å²) in [4.78, 5) is 29.5. The molecule has 0 unspecified atom stereocenters. The Labute approximate surface area is 117 Å². The van der Waals surface area contributed by atoms with Crippen molar-refractivity contribution in [3.8, 4) is 5.88 Å². The number of carbonyl (C=O) groups is 2. The molecular formula is C15H18N2O3. The zero-order chi connectivity index (χ0) is 13.9.